The fourth-order valence-electron chi connectivity index (χ4n) is 6.03. The summed E-state index contributed by atoms with van der Waals surface area (Å²) in [5.74, 6) is -5.44. The van der Waals surface area contributed by atoms with E-state index in [-0.39, 0.29) is 68.0 Å². The quantitative estimate of drug-likeness (QED) is 0.0505. The summed E-state index contributed by atoms with van der Waals surface area (Å²) < 4.78 is 0. The van der Waals surface area contributed by atoms with Crippen LogP contribution in [0.15, 0.2) is 0 Å². The minimum atomic E-state index is -1.30. The third-order valence-corrected chi connectivity index (χ3v) is 9.86. The highest BCUT2D eigenvalue weighted by Gasteiger charge is 2.28. The van der Waals surface area contributed by atoms with Crippen molar-refractivity contribution in [2.45, 2.75) is 168 Å². The second-order valence-corrected chi connectivity index (χ2v) is 15.0. The fourth-order valence-corrected chi connectivity index (χ4v) is 6.03. The Kier molecular flexibility index (Phi) is 35.4. The SMILES string of the molecule is CC(CCCC[NH3+])C(=O)O.CCCCCCCCC(=O)NCCCCC(CC(=O)C(C)CCCC[NH3+])C(=O)CC(CCCCNC(=O)CCC(=O)[O-])C(=O)O. The number of amides is 2. The van der Waals surface area contributed by atoms with Gasteiger partial charge in [-0.05, 0) is 77.0 Å². The van der Waals surface area contributed by atoms with Gasteiger partial charge in [-0.15, -0.1) is 0 Å². The van der Waals surface area contributed by atoms with Crippen LogP contribution in [0.2, 0.25) is 0 Å². The Labute approximate surface area is 330 Å². The van der Waals surface area contributed by atoms with Crippen LogP contribution >= 0.6 is 0 Å². The summed E-state index contributed by atoms with van der Waals surface area (Å²) in [5, 5.41) is 34.3. The van der Waals surface area contributed by atoms with Gasteiger partial charge >= 0.3 is 11.9 Å². The number of carbonyl (C=O) groups excluding carboxylic acids is 5. The Balaban J connectivity index is 0. The first-order chi connectivity index (χ1) is 26.2. The van der Waals surface area contributed by atoms with E-state index >= 15 is 0 Å². The van der Waals surface area contributed by atoms with Crippen molar-refractivity contribution < 1.29 is 60.3 Å². The molecule has 0 aromatic heterocycles. The number of quaternary nitrogens is 2. The molecule has 0 radical (unpaired) electrons. The fraction of sp³-hybridized carbons (Fsp3) is 0.829. The molecular weight excluding hydrogens is 708 g/mol. The molecule has 0 saturated heterocycles. The third-order valence-electron chi connectivity index (χ3n) is 9.86. The van der Waals surface area contributed by atoms with E-state index in [1.807, 2.05) is 6.92 Å². The molecule has 0 aliphatic heterocycles. The average Bonchev–Trinajstić information content (AvgIpc) is 3.14. The molecule has 0 bridgehead atoms. The number of unbranched alkanes of at least 4 members (excludes halogenated alkanes) is 9. The number of carbonyl (C=O) groups is 7. The van der Waals surface area contributed by atoms with E-state index in [1.54, 1.807) is 6.92 Å². The van der Waals surface area contributed by atoms with Gasteiger partial charge in [0.15, 0.2) is 0 Å². The first kappa shape index (κ1) is 53.7. The summed E-state index contributed by atoms with van der Waals surface area (Å²) >= 11 is 0. The summed E-state index contributed by atoms with van der Waals surface area (Å²) in [5.41, 5.74) is 7.52. The van der Waals surface area contributed by atoms with Gasteiger partial charge in [-0.3, -0.25) is 28.8 Å². The predicted octanol–water partition coefficient (Wildman–Crippen LogP) is 3.24. The van der Waals surface area contributed by atoms with E-state index in [1.165, 1.54) is 19.3 Å². The number of carboxylic acid groups (broad SMARTS) is 3. The standard InChI is InChI=1S/C34H61N3O8.C7H15NO2/c1-3-4-5-6-7-8-18-31(40)36-22-13-10-16-27(24-29(38)26(2)15-9-12-21-35)30(39)25-28(34(44)45)17-11-14-23-37-32(41)19-20-33(42)43;1-6(7(9)10)4-2-3-5-8/h26-28H,3-25,35H2,1-2H3,(H,36,40)(H,37,41)(H,42,43)(H,44,45);6H,2-5,8H2,1H3,(H,9,10)/p+1. The van der Waals surface area contributed by atoms with Crippen molar-refractivity contribution in [3.63, 3.8) is 0 Å². The van der Waals surface area contributed by atoms with Crippen LogP contribution in [0, 0.1) is 23.7 Å². The highest BCUT2D eigenvalue weighted by Crippen LogP contribution is 2.24. The number of Topliss-reactive ketones (excluding diaryl/α,β-unsaturated/α-hetero) is 2. The molecule has 320 valence electrons. The smallest absolute Gasteiger partial charge is 0.306 e. The van der Waals surface area contributed by atoms with E-state index < -0.39 is 35.7 Å². The van der Waals surface area contributed by atoms with Crippen LogP contribution in [0.1, 0.15) is 168 Å². The van der Waals surface area contributed by atoms with Crippen molar-refractivity contribution in [1.29, 1.82) is 0 Å². The molecule has 10 N–H and O–H groups in total. The molecule has 14 nitrogen and oxygen atoms in total. The molecule has 0 aromatic rings. The number of ketones is 2. The van der Waals surface area contributed by atoms with Gasteiger partial charge in [0.2, 0.25) is 11.8 Å². The molecular formula is C41H77N4O10+. The van der Waals surface area contributed by atoms with Crippen molar-refractivity contribution in [2.24, 2.45) is 23.7 Å². The Hall–Kier alpha value is -3.39. The molecule has 0 rings (SSSR count). The zero-order chi connectivity index (χ0) is 41.9. The number of hydrogen-bond acceptors (Lipinski definition) is 8. The predicted molar refractivity (Wildman–Crippen MR) is 209 cm³/mol. The molecule has 2 amide bonds. The summed E-state index contributed by atoms with van der Waals surface area (Å²) in [6, 6.07) is 0. The van der Waals surface area contributed by atoms with Crippen molar-refractivity contribution in [3.05, 3.63) is 0 Å². The minimum Gasteiger partial charge on any atom is -0.550 e. The lowest BCUT2D eigenvalue weighted by molar-refractivity contribution is -0.369. The van der Waals surface area contributed by atoms with E-state index in [0.29, 0.717) is 45.1 Å². The van der Waals surface area contributed by atoms with Crippen LogP contribution in [0.3, 0.4) is 0 Å². The molecule has 0 heterocycles. The van der Waals surface area contributed by atoms with Gasteiger partial charge in [0.1, 0.15) is 11.6 Å². The Morgan fingerprint density at radius 2 is 1.00 bits per heavy atom. The third kappa shape index (κ3) is 33.7. The summed E-state index contributed by atoms with van der Waals surface area (Å²) in [4.78, 5) is 82.9. The summed E-state index contributed by atoms with van der Waals surface area (Å²) in [7, 11) is 0. The second-order valence-electron chi connectivity index (χ2n) is 15.0. The second kappa shape index (κ2) is 36.3. The lowest BCUT2D eigenvalue weighted by Gasteiger charge is -2.20. The monoisotopic (exact) mass is 786 g/mol. The highest BCUT2D eigenvalue weighted by atomic mass is 16.4. The molecule has 0 aliphatic rings. The van der Waals surface area contributed by atoms with Crippen molar-refractivity contribution in [1.82, 2.24) is 10.6 Å². The Morgan fingerprint density at radius 1 is 0.527 bits per heavy atom. The Bertz CT molecular complexity index is 1090. The molecule has 0 aromatic carbocycles. The van der Waals surface area contributed by atoms with Gasteiger partial charge in [0, 0.05) is 56.6 Å². The van der Waals surface area contributed by atoms with Crippen LogP contribution in [0.4, 0.5) is 0 Å². The summed E-state index contributed by atoms with van der Waals surface area (Å²) in [6.45, 7) is 8.30. The molecule has 0 fully saturated rings. The topological polar surface area (TPSA) is 262 Å². The van der Waals surface area contributed by atoms with Crippen LogP contribution in [-0.2, 0) is 33.6 Å². The Morgan fingerprint density at radius 3 is 1.51 bits per heavy atom. The number of aliphatic carboxylic acids is 3. The largest absolute Gasteiger partial charge is 0.550 e. The van der Waals surface area contributed by atoms with Crippen molar-refractivity contribution in [2.75, 3.05) is 26.2 Å². The van der Waals surface area contributed by atoms with Crippen molar-refractivity contribution in [3.8, 4) is 0 Å². The van der Waals surface area contributed by atoms with Crippen molar-refractivity contribution >= 4 is 41.3 Å². The zero-order valence-corrected chi connectivity index (χ0v) is 34.5. The maximum atomic E-state index is 13.4. The lowest BCUT2D eigenvalue weighted by Crippen LogP contribution is -2.50. The van der Waals surface area contributed by atoms with Gasteiger partial charge in [-0.2, -0.15) is 0 Å². The van der Waals surface area contributed by atoms with Crippen LogP contribution in [-0.4, -0.2) is 77.7 Å². The zero-order valence-electron chi connectivity index (χ0n) is 34.5. The number of carboxylic acids is 3. The minimum absolute atomic E-state index is 0.0194. The van der Waals surface area contributed by atoms with Gasteiger partial charge in [0.25, 0.3) is 0 Å². The van der Waals surface area contributed by atoms with Gasteiger partial charge in [-0.1, -0.05) is 65.7 Å². The molecule has 0 spiro atoms. The van der Waals surface area contributed by atoms with Gasteiger partial charge < -0.3 is 42.2 Å². The van der Waals surface area contributed by atoms with E-state index in [9.17, 15) is 43.8 Å². The van der Waals surface area contributed by atoms with Gasteiger partial charge in [0.05, 0.1) is 24.9 Å². The molecule has 4 unspecified atom stereocenters. The highest BCUT2D eigenvalue weighted by molar-refractivity contribution is 5.90. The maximum Gasteiger partial charge on any atom is 0.306 e. The number of nitrogens with one attached hydrogen (secondary N) is 2. The lowest BCUT2D eigenvalue weighted by atomic mass is 9.83. The number of rotatable bonds is 36. The molecule has 55 heavy (non-hydrogen) atoms. The maximum absolute atomic E-state index is 13.4. The first-order valence-corrected chi connectivity index (χ1v) is 21.0. The van der Waals surface area contributed by atoms with Gasteiger partial charge in [-0.25, -0.2) is 0 Å². The van der Waals surface area contributed by atoms with Crippen LogP contribution < -0.4 is 27.2 Å². The average molecular weight is 786 g/mol. The molecule has 0 aliphatic carbocycles. The normalized spacial score (nSPS) is 13.0. The number of hydrogen-bond donors (Lipinski definition) is 6. The van der Waals surface area contributed by atoms with Crippen LogP contribution in [0.25, 0.3) is 0 Å². The molecule has 0 saturated carbocycles. The molecule has 4 atom stereocenters. The van der Waals surface area contributed by atoms with E-state index in [2.05, 4.69) is 29.0 Å². The van der Waals surface area contributed by atoms with E-state index in [0.717, 1.165) is 70.9 Å². The first-order valence-electron chi connectivity index (χ1n) is 21.0. The van der Waals surface area contributed by atoms with Crippen LogP contribution in [0.5, 0.6) is 0 Å². The van der Waals surface area contributed by atoms with E-state index in [4.69, 9.17) is 5.11 Å². The molecule has 14 heteroatoms. The summed E-state index contributed by atoms with van der Waals surface area (Å²) in [6.07, 6.45) is 15.0.